The van der Waals surface area contributed by atoms with Gasteiger partial charge in [0.05, 0.1) is 0 Å². The highest BCUT2D eigenvalue weighted by molar-refractivity contribution is 6.30. The van der Waals surface area contributed by atoms with Gasteiger partial charge in [-0.15, -0.1) is 0 Å². The van der Waals surface area contributed by atoms with Gasteiger partial charge in [-0.1, -0.05) is 43.5 Å². The van der Waals surface area contributed by atoms with Crippen molar-refractivity contribution in [3.8, 4) is 0 Å². The first-order chi connectivity index (χ1) is 8.60. The molecule has 0 bridgehead atoms. The van der Waals surface area contributed by atoms with E-state index in [9.17, 15) is 0 Å². The standard InChI is InChI=1S/C15H25ClN2/c1-4-5-9-15(11-17)18(3)12(2)13-7-6-8-14(16)10-13/h6-8,10,12,15H,4-5,9,11,17H2,1-3H3. The lowest BCUT2D eigenvalue weighted by molar-refractivity contribution is 0.177. The van der Waals surface area contributed by atoms with Gasteiger partial charge in [-0.2, -0.15) is 0 Å². The molecule has 0 amide bonds. The zero-order valence-corrected chi connectivity index (χ0v) is 12.5. The van der Waals surface area contributed by atoms with E-state index in [1.54, 1.807) is 0 Å². The molecule has 0 aliphatic carbocycles. The van der Waals surface area contributed by atoms with E-state index in [0.29, 0.717) is 18.6 Å². The highest BCUT2D eigenvalue weighted by Gasteiger charge is 2.19. The number of hydrogen-bond donors (Lipinski definition) is 1. The Labute approximate surface area is 116 Å². The summed E-state index contributed by atoms with van der Waals surface area (Å²) in [5.74, 6) is 0. The van der Waals surface area contributed by atoms with Crippen molar-refractivity contribution < 1.29 is 0 Å². The van der Waals surface area contributed by atoms with Crippen LogP contribution < -0.4 is 5.73 Å². The number of nitrogens with zero attached hydrogens (tertiary/aromatic N) is 1. The molecule has 0 heterocycles. The van der Waals surface area contributed by atoms with Crippen molar-refractivity contribution in [1.82, 2.24) is 4.90 Å². The number of benzene rings is 1. The van der Waals surface area contributed by atoms with Gasteiger partial charge in [-0.05, 0) is 38.1 Å². The highest BCUT2D eigenvalue weighted by Crippen LogP contribution is 2.24. The van der Waals surface area contributed by atoms with Crippen LogP contribution in [-0.2, 0) is 0 Å². The maximum absolute atomic E-state index is 6.05. The van der Waals surface area contributed by atoms with Gasteiger partial charge < -0.3 is 5.73 Å². The molecule has 2 atom stereocenters. The summed E-state index contributed by atoms with van der Waals surface area (Å²) < 4.78 is 0. The first-order valence-electron chi connectivity index (χ1n) is 6.77. The van der Waals surface area contributed by atoms with E-state index < -0.39 is 0 Å². The molecule has 18 heavy (non-hydrogen) atoms. The SMILES string of the molecule is CCCCC(CN)N(C)C(C)c1cccc(Cl)c1. The summed E-state index contributed by atoms with van der Waals surface area (Å²) in [6.45, 7) is 5.13. The molecule has 0 fully saturated rings. The maximum atomic E-state index is 6.05. The first-order valence-corrected chi connectivity index (χ1v) is 7.15. The number of unbranched alkanes of at least 4 members (excludes halogenated alkanes) is 1. The highest BCUT2D eigenvalue weighted by atomic mass is 35.5. The van der Waals surface area contributed by atoms with Crippen molar-refractivity contribution in [2.24, 2.45) is 5.73 Å². The quantitative estimate of drug-likeness (QED) is 0.814. The first kappa shape index (κ1) is 15.5. The van der Waals surface area contributed by atoms with Crippen molar-refractivity contribution in [2.75, 3.05) is 13.6 Å². The zero-order valence-electron chi connectivity index (χ0n) is 11.7. The van der Waals surface area contributed by atoms with E-state index in [-0.39, 0.29) is 0 Å². The van der Waals surface area contributed by atoms with E-state index in [1.165, 1.54) is 18.4 Å². The van der Waals surface area contributed by atoms with Crippen LogP contribution in [0.1, 0.15) is 44.7 Å². The third kappa shape index (κ3) is 4.27. The van der Waals surface area contributed by atoms with Crippen LogP contribution in [0.15, 0.2) is 24.3 Å². The van der Waals surface area contributed by atoms with Crippen LogP contribution in [0.25, 0.3) is 0 Å². The number of rotatable bonds is 7. The molecular weight excluding hydrogens is 244 g/mol. The van der Waals surface area contributed by atoms with Gasteiger partial charge in [0.15, 0.2) is 0 Å². The molecule has 2 nitrogen and oxygen atoms in total. The molecule has 0 aliphatic heterocycles. The Morgan fingerprint density at radius 1 is 1.39 bits per heavy atom. The van der Waals surface area contributed by atoms with Gasteiger partial charge in [0, 0.05) is 23.7 Å². The van der Waals surface area contributed by atoms with Crippen molar-refractivity contribution in [1.29, 1.82) is 0 Å². The fraction of sp³-hybridized carbons (Fsp3) is 0.600. The second-order valence-corrected chi connectivity index (χ2v) is 5.36. The summed E-state index contributed by atoms with van der Waals surface area (Å²) in [6.07, 6.45) is 3.61. The Kier molecular flexibility index (Phi) is 6.69. The summed E-state index contributed by atoms with van der Waals surface area (Å²) in [6, 6.07) is 8.87. The minimum atomic E-state index is 0.342. The zero-order chi connectivity index (χ0) is 13.5. The van der Waals surface area contributed by atoms with Crippen LogP contribution >= 0.6 is 11.6 Å². The van der Waals surface area contributed by atoms with Crippen LogP contribution in [0.2, 0.25) is 5.02 Å². The molecule has 2 N–H and O–H groups in total. The predicted octanol–water partition coefficient (Wildman–Crippen LogP) is 3.85. The molecular formula is C15H25ClN2. The topological polar surface area (TPSA) is 29.3 Å². The van der Waals surface area contributed by atoms with Crippen LogP contribution in [0, 0.1) is 0 Å². The number of likely N-dealkylation sites (N-methyl/N-ethyl adjacent to an activating group) is 1. The van der Waals surface area contributed by atoms with E-state index in [4.69, 9.17) is 17.3 Å². The van der Waals surface area contributed by atoms with E-state index >= 15 is 0 Å². The minimum Gasteiger partial charge on any atom is -0.329 e. The van der Waals surface area contributed by atoms with Crippen LogP contribution in [0.4, 0.5) is 0 Å². The summed E-state index contributed by atoms with van der Waals surface area (Å²) in [4.78, 5) is 2.36. The van der Waals surface area contributed by atoms with Crippen molar-refractivity contribution in [3.05, 3.63) is 34.9 Å². The second-order valence-electron chi connectivity index (χ2n) is 4.93. The van der Waals surface area contributed by atoms with E-state index in [1.807, 2.05) is 18.2 Å². The summed E-state index contributed by atoms with van der Waals surface area (Å²) in [5.41, 5.74) is 7.14. The van der Waals surface area contributed by atoms with Crippen LogP contribution in [-0.4, -0.2) is 24.5 Å². The lowest BCUT2D eigenvalue weighted by atomic mass is 10.0. The molecule has 0 spiro atoms. The average Bonchev–Trinajstić information content (AvgIpc) is 2.38. The largest absolute Gasteiger partial charge is 0.329 e. The molecule has 0 saturated heterocycles. The minimum absolute atomic E-state index is 0.342. The van der Waals surface area contributed by atoms with Crippen LogP contribution in [0.5, 0.6) is 0 Å². The van der Waals surface area contributed by atoms with Gasteiger partial charge in [-0.25, -0.2) is 0 Å². The van der Waals surface area contributed by atoms with Crippen molar-refractivity contribution >= 4 is 11.6 Å². The van der Waals surface area contributed by atoms with Gasteiger partial charge in [-0.3, -0.25) is 4.90 Å². The Balaban J connectivity index is 2.72. The lowest BCUT2D eigenvalue weighted by Gasteiger charge is -2.33. The van der Waals surface area contributed by atoms with Crippen molar-refractivity contribution in [2.45, 2.75) is 45.2 Å². The Bertz CT molecular complexity index is 354. The summed E-state index contributed by atoms with van der Waals surface area (Å²) in [5, 5.41) is 0.797. The van der Waals surface area contributed by atoms with Gasteiger partial charge in [0.1, 0.15) is 0 Å². The average molecular weight is 269 g/mol. The third-order valence-corrected chi connectivity index (χ3v) is 3.92. The lowest BCUT2D eigenvalue weighted by Crippen LogP contribution is -2.39. The summed E-state index contributed by atoms with van der Waals surface area (Å²) >= 11 is 6.05. The maximum Gasteiger partial charge on any atom is 0.0409 e. The molecule has 1 aromatic carbocycles. The molecule has 0 aromatic heterocycles. The predicted molar refractivity (Wildman–Crippen MR) is 80.0 cm³/mol. The van der Waals surface area contributed by atoms with Gasteiger partial charge >= 0.3 is 0 Å². The third-order valence-electron chi connectivity index (χ3n) is 3.68. The van der Waals surface area contributed by atoms with E-state index in [0.717, 1.165) is 11.4 Å². The number of nitrogens with two attached hydrogens (primary N) is 1. The smallest absolute Gasteiger partial charge is 0.0409 e. The molecule has 0 radical (unpaired) electrons. The van der Waals surface area contributed by atoms with Gasteiger partial charge in [0.2, 0.25) is 0 Å². The monoisotopic (exact) mass is 268 g/mol. The Morgan fingerprint density at radius 2 is 2.11 bits per heavy atom. The molecule has 1 aromatic rings. The molecule has 0 saturated carbocycles. The second kappa shape index (κ2) is 7.78. The number of halogens is 1. The van der Waals surface area contributed by atoms with Crippen molar-refractivity contribution in [3.63, 3.8) is 0 Å². The summed E-state index contributed by atoms with van der Waals surface area (Å²) in [7, 11) is 2.15. The Hall–Kier alpha value is -0.570. The fourth-order valence-electron chi connectivity index (χ4n) is 2.25. The molecule has 2 unspecified atom stereocenters. The fourth-order valence-corrected chi connectivity index (χ4v) is 2.44. The molecule has 1 rings (SSSR count). The van der Waals surface area contributed by atoms with Crippen LogP contribution in [0.3, 0.4) is 0 Å². The molecule has 3 heteroatoms. The normalized spacial score (nSPS) is 14.8. The molecule has 0 aliphatic rings. The Morgan fingerprint density at radius 3 is 2.67 bits per heavy atom. The number of hydrogen-bond acceptors (Lipinski definition) is 2. The van der Waals surface area contributed by atoms with E-state index in [2.05, 4.69) is 31.9 Å². The van der Waals surface area contributed by atoms with Gasteiger partial charge in [0.25, 0.3) is 0 Å². The molecule has 102 valence electrons.